The summed E-state index contributed by atoms with van der Waals surface area (Å²) < 4.78 is 0. The molecule has 1 aromatic heterocycles. The highest BCUT2D eigenvalue weighted by Crippen LogP contribution is 2.07. The van der Waals surface area contributed by atoms with Gasteiger partial charge in [-0.3, -0.25) is 25.2 Å². The summed E-state index contributed by atoms with van der Waals surface area (Å²) in [6, 6.07) is 3.41. The Hall–Kier alpha value is -1.89. The molecule has 0 atom stereocenters. The molecule has 0 aliphatic heterocycles. The Morgan fingerprint density at radius 1 is 1.24 bits per heavy atom. The van der Waals surface area contributed by atoms with Crippen molar-refractivity contribution in [1.82, 2.24) is 16.2 Å². The fourth-order valence-electron chi connectivity index (χ4n) is 0.927. The first-order valence-corrected chi connectivity index (χ1v) is 5.90. The van der Waals surface area contributed by atoms with Gasteiger partial charge in [0.05, 0.1) is 11.4 Å². The van der Waals surface area contributed by atoms with Crippen molar-refractivity contribution < 1.29 is 14.4 Å². The third-order valence-electron chi connectivity index (χ3n) is 1.82. The molecule has 7 heteroatoms. The Bertz CT molecular complexity index is 403. The molecular weight excluding hydrogens is 242 g/mol. The van der Waals surface area contributed by atoms with Crippen LogP contribution in [0.5, 0.6) is 0 Å². The van der Waals surface area contributed by atoms with Crippen LogP contribution < -0.4 is 16.2 Å². The van der Waals surface area contributed by atoms with Crippen LogP contribution in [-0.2, 0) is 9.59 Å². The van der Waals surface area contributed by atoms with Crippen LogP contribution in [0.25, 0.3) is 0 Å². The van der Waals surface area contributed by atoms with Crippen LogP contribution in [0.1, 0.15) is 23.0 Å². The zero-order valence-corrected chi connectivity index (χ0v) is 10.1. The predicted molar refractivity (Wildman–Crippen MR) is 63.2 cm³/mol. The standard InChI is InChI=1S/C10H13N3O3S/c1-2-8(14)12-13-9(15)6-11-10(16)7-4-3-5-17-7/h3-5H,2,6H2,1H3,(H,11,16)(H,12,14)(H,13,15). The van der Waals surface area contributed by atoms with Crippen LogP contribution in [0, 0.1) is 0 Å². The van der Waals surface area contributed by atoms with Gasteiger partial charge in [-0.1, -0.05) is 13.0 Å². The fourth-order valence-corrected chi connectivity index (χ4v) is 1.57. The molecule has 0 spiro atoms. The second kappa shape index (κ2) is 6.64. The molecule has 0 aromatic carbocycles. The highest BCUT2D eigenvalue weighted by molar-refractivity contribution is 7.12. The van der Waals surface area contributed by atoms with Gasteiger partial charge in [0.25, 0.3) is 11.8 Å². The van der Waals surface area contributed by atoms with E-state index in [0.29, 0.717) is 4.88 Å². The average molecular weight is 255 g/mol. The first-order chi connectivity index (χ1) is 8.13. The third-order valence-corrected chi connectivity index (χ3v) is 2.69. The number of carbonyl (C=O) groups is 3. The largest absolute Gasteiger partial charge is 0.342 e. The van der Waals surface area contributed by atoms with E-state index in [1.54, 1.807) is 24.4 Å². The zero-order chi connectivity index (χ0) is 12.7. The molecule has 1 heterocycles. The van der Waals surface area contributed by atoms with E-state index in [1.165, 1.54) is 11.3 Å². The Labute approximate surface area is 102 Å². The van der Waals surface area contributed by atoms with Gasteiger partial charge >= 0.3 is 0 Å². The summed E-state index contributed by atoms with van der Waals surface area (Å²) in [5.41, 5.74) is 4.39. The summed E-state index contributed by atoms with van der Waals surface area (Å²) in [6.45, 7) is 1.49. The van der Waals surface area contributed by atoms with E-state index < -0.39 is 5.91 Å². The summed E-state index contributed by atoms with van der Waals surface area (Å²) in [5.74, 6) is -1.07. The number of carbonyl (C=O) groups excluding carboxylic acids is 3. The molecule has 92 valence electrons. The van der Waals surface area contributed by atoms with Gasteiger partial charge in [-0.15, -0.1) is 11.3 Å². The number of hydrogen-bond donors (Lipinski definition) is 3. The molecule has 0 saturated heterocycles. The van der Waals surface area contributed by atoms with E-state index in [-0.39, 0.29) is 24.8 Å². The number of nitrogens with one attached hydrogen (secondary N) is 3. The quantitative estimate of drug-likeness (QED) is 0.664. The van der Waals surface area contributed by atoms with E-state index in [0.717, 1.165) is 0 Å². The molecule has 3 amide bonds. The minimum Gasteiger partial charge on any atom is -0.342 e. The third kappa shape index (κ3) is 4.64. The van der Waals surface area contributed by atoms with Gasteiger partial charge in [0, 0.05) is 6.42 Å². The van der Waals surface area contributed by atoms with Gasteiger partial charge < -0.3 is 5.32 Å². The summed E-state index contributed by atoms with van der Waals surface area (Å²) >= 11 is 1.29. The molecule has 0 aliphatic carbocycles. The van der Waals surface area contributed by atoms with Crippen LogP contribution in [-0.4, -0.2) is 24.3 Å². The van der Waals surface area contributed by atoms with Gasteiger partial charge in [0.1, 0.15) is 0 Å². The first kappa shape index (κ1) is 13.2. The lowest BCUT2D eigenvalue weighted by atomic mass is 10.4. The summed E-state index contributed by atoms with van der Waals surface area (Å²) in [6.07, 6.45) is 0.280. The second-order valence-electron chi connectivity index (χ2n) is 3.11. The van der Waals surface area contributed by atoms with E-state index in [4.69, 9.17) is 0 Å². The molecule has 0 fully saturated rings. The normalized spacial score (nSPS) is 9.47. The molecule has 0 unspecified atom stereocenters. The molecule has 0 bridgehead atoms. The van der Waals surface area contributed by atoms with Crippen molar-refractivity contribution in [3.63, 3.8) is 0 Å². The van der Waals surface area contributed by atoms with Crippen molar-refractivity contribution in [2.75, 3.05) is 6.54 Å². The van der Waals surface area contributed by atoms with E-state index in [2.05, 4.69) is 16.2 Å². The Morgan fingerprint density at radius 3 is 2.53 bits per heavy atom. The minimum absolute atomic E-state index is 0.180. The molecule has 0 radical (unpaired) electrons. The maximum absolute atomic E-state index is 11.4. The lowest BCUT2D eigenvalue weighted by Gasteiger charge is -2.06. The van der Waals surface area contributed by atoms with Gasteiger partial charge in [-0.2, -0.15) is 0 Å². The Morgan fingerprint density at radius 2 is 1.94 bits per heavy atom. The highest BCUT2D eigenvalue weighted by Gasteiger charge is 2.08. The molecule has 1 rings (SSSR count). The van der Waals surface area contributed by atoms with Crippen LogP contribution in [0.4, 0.5) is 0 Å². The van der Waals surface area contributed by atoms with Crippen LogP contribution >= 0.6 is 11.3 Å². The number of thiophene rings is 1. The predicted octanol–water partition coefficient (Wildman–Crippen LogP) is 0.0353. The van der Waals surface area contributed by atoms with Crippen molar-refractivity contribution in [1.29, 1.82) is 0 Å². The van der Waals surface area contributed by atoms with E-state index >= 15 is 0 Å². The number of rotatable bonds is 4. The smallest absolute Gasteiger partial charge is 0.261 e. The molecule has 1 aromatic rings. The Kier molecular flexibility index (Phi) is 5.15. The topological polar surface area (TPSA) is 87.3 Å². The van der Waals surface area contributed by atoms with Crippen molar-refractivity contribution in [3.05, 3.63) is 22.4 Å². The molecule has 0 saturated carbocycles. The molecule has 0 aliphatic rings. The number of hydrogen-bond acceptors (Lipinski definition) is 4. The first-order valence-electron chi connectivity index (χ1n) is 5.03. The average Bonchev–Trinajstić information content (AvgIpc) is 2.86. The number of hydrazine groups is 1. The zero-order valence-electron chi connectivity index (χ0n) is 9.28. The van der Waals surface area contributed by atoms with Crippen molar-refractivity contribution in [2.24, 2.45) is 0 Å². The van der Waals surface area contributed by atoms with Crippen molar-refractivity contribution >= 4 is 29.1 Å². The maximum atomic E-state index is 11.4. The molecule has 3 N–H and O–H groups in total. The fraction of sp³-hybridized carbons (Fsp3) is 0.300. The summed E-state index contributed by atoms with van der Waals surface area (Å²) in [4.78, 5) is 34.0. The van der Waals surface area contributed by atoms with Crippen molar-refractivity contribution in [3.8, 4) is 0 Å². The second-order valence-corrected chi connectivity index (χ2v) is 4.06. The van der Waals surface area contributed by atoms with Gasteiger partial charge in [0.15, 0.2) is 0 Å². The van der Waals surface area contributed by atoms with Crippen molar-refractivity contribution in [2.45, 2.75) is 13.3 Å². The van der Waals surface area contributed by atoms with Gasteiger partial charge in [-0.05, 0) is 11.4 Å². The summed E-state index contributed by atoms with van der Waals surface area (Å²) in [5, 5.41) is 4.21. The van der Waals surface area contributed by atoms with E-state index in [9.17, 15) is 14.4 Å². The van der Waals surface area contributed by atoms with Gasteiger partial charge in [-0.25, -0.2) is 0 Å². The monoisotopic (exact) mass is 255 g/mol. The lowest BCUT2D eigenvalue weighted by Crippen LogP contribution is -2.46. The lowest BCUT2D eigenvalue weighted by molar-refractivity contribution is -0.128. The van der Waals surface area contributed by atoms with Crippen LogP contribution in [0.2, 0.25) is 0 Å². The maximum Gasteiger partial charge on any atom is 0.261 e. The highest BCUT2D eigenvalue weighted by atomic mass is 32.1. The molecule has 17 heavy (non-hydrogen) atoms. The minimum atomic E-state index is -0.475. The molecular formula is C10H13N3O3S. The Balaban J connectivity index is 2.24. The SMILES string of the molecule is CCC(=O)NNC(=O)CNC(=O)c1cccs1. The summed E-state index contributed by atoms with van der Waals surface area (Å²) in [7, 11) is 0. The van der Waals surface area contributed by atoms with Gasteiger partial charge in [0.2, 0.25) is 5.91 Å². The molecule has 6 nitrogen and oxygen atoms in total. The van der Waals surface area contributed by atoms with Crippen LogP contribution in [0.3, 0.4) is 0 Å². The van der Waals surface area contributed by atoms with Crippen LogP contribution in [0.15, 0.2) is 17.5 Å². The van der Waals surface area contributed by atoms with E-state index in [1.807, 2.05) is 0 Å². The number of amides is 3.